The first kappa shape index (κ1) is 27.2. The fourth-order valence-corrected chi connectivity index (χ4v) is 5.19. The monoisotopic (exact) mass is 512 g/mol. The second kappa shape index (κ2) is 13.7. The maximum atomic E-state index is 11.5. The average molecular weight is 513 g/mol. The number of aryl methyl sites for hydroxylation is 2. The first-order valence-electron chi connectivity index (χ1n) is 13.9. The van der Waals surface area contributed by atoms with Crippen molar-refractivity contribution in [2.45, 2.75) is 78.3 Å². The smallest absolute Gasteiger partial charge is 0.221 e. The molecule has 2 amide bonds. The van der Waals surface area contributed by atoms with Crippen molar-refractivity contribution in [1.82, 2.24) is 0 Å². The van der Waals surface area contributed by atoms with Crippen LogP contribution in [-0.2, 0) is 22.7 Å². The van der Waals surface area contributed by atoms with Crippen LogP contribution in [0.3, 0.4) is 0 Å². The first-order valence-corrected chi connectivity index (χ1v) is 13.9. The van der Waals surface area contributed by atoms with E-state index in [0.717, 1.165) is 59.1 Å². The number of amides is 2. The number of pyridine rings is 2. The molecule has 4 rings (SSSR count). The van der Waals surface area contributed by atoms with E-state index in [0.29, 0.717) is 0 Å². The number of unbranched alkanes of at least 4 members (excludes halogenated alkanes) is 7. The van der Waals surface area contributed by atoms with Gasteiger partial charge in [0, 0.05) is 51.0 Å². The molecule has 0 aliphatic rings. The maximum absolute atomic E-state index is 11.5. The SMILES string of the molecule is CC(=O)Nc1cc[n+](CCCCCCCCCC[n+]2ccc(NC(C)=O)c3ccccc32)c2ccccc12. The van der Waals surface area contributed by atoms with Crippen molar-refractivity contribution in [3.63, 3.8) is 0 Å². The second-order valence-electron chi connectivity index (χ2n) is 10.1. The van der Waals surface area contributed by atoms with Gasteiger partial charge in [-0.1, -0.05) is 49.9 Å². The molecule has 6 heteroatoms. The molecule has 2 aromatic heterocycles. The van der Waals surface area contributed by atoms with Crippen molar-refractivity contribution in [1.29, 1.82) is 0 Å². The van der Waals surface area contributed by atoms with Gasteiger partial charge in [-0.2, -0.15) is 9.13 Å². The number of anilines is 2. The van der Waals surface area contributed by atoms with Gasteiger partial charge in [0.2, 0.25) is 22.8 Å². The summed E-state index contributed by atoms with van der Waals surface area (Å²) in [6, 6.07) is 20.5. The zero-order valence-electron chi connectivity index (χ0n) is 22.7. The molecule has 6 nitrogen and oxygen atoms in total. The summed E-state index contributed by atoms with van der Waals surface area (Å²) in [6.07, 6.45) is 14.1. The van der Waals surface area contributed by atoms with Crippen LogP contribution in [0.1, 0.15) is 65.2 Å². The van der Waals surface area contributed by atoms with Crippen LogP contribution in [0, 0.1) is 0 Å². The molecule has 0 spiro atoms. The molecule has 0 bridgehead atoms. The Morgan fingerprint density at radius 2 is 0.921 bits per heavy atom. The molecule has 0 saturated heterocycles. The molecule has 38 heavy (non-hydrogen) atoms. The molecule has 2 heterocycles. The van der Waals surface area contributed by atoms with Gasteiger partial charge in [0.15, 0.2) is 12.4 Å². The lowest BCUT2D eigenvalue weighted by Gasteiger charge is -2.08. The normalized spacial score (nSPS) is 11.1. The number of benzene rings is 2. The van der Waals surface area contributed by atoms with Gasteiger partial charge >= 0.3 is 0 Å². The number of nitrogens with one attached hydrogen (secondary N) is 2. The number of carbonyl (C=O) groups excluding carboxylic acids is 2. The average Bonchev–Trinajstić information content (AvgIpc) is 2.91. The minimum atomic E-state index is -0.0440. The van der Waals surface area contributed by atoms with Crippen molar-refractivity contribution >= 4 is 45.0 Å². The van der Waals surface area contributed by atoms with Crippen molar-refractivity contribution in [2.75, 3.05) is 10.6 Å². The van der Waals surface area contributed by atoms with Crippen LogP contribution < -0.4 is 19.8 Å². The zero-order chi connectivity index (χ0) is 26.7. The summed E-state index contributed by atoms with van der Waals surface area (Å²) in [4.78, 5) is 23.0. The highest BCUT2D eigenvalue weighted by Crippen LogP contribution is 2.21. The molecule has 0 saturated carbocycles. The Morgan fingerprint density at radius 3 is 1.32 bits per heavy atom. The number of carbonyl (C=O) groups is 2. The first-order chi connectivity index (χ1) is 18.5. The molecule has 0 atom stereocenters. The third-order valence-electron chi connectivity index (χ3n) is 7.02. The minimum Gasteiger partial charge on any atom is -0.325 e. The number of para-hydroxylation sites is 2. The Balaban J connectivity index is 1.15. The zero-order valence-corrected chi connectivity index (χ0v) is 22.7. The number of nitrogens with zero attached hydrogens (tertiary/aromatic N) is 2. The van der Waals surface area contributed by atoms with Gasteiger partial charge in [-0.25, -0.2) is 0 Å². The van der Waals surface area contributed by atoms with E-state index in [4.69, 9.17) is 0 Å². The number of hydrogen-bond donors (Lipinski definition) is 2. The molecular formula is C32H40N4O2+2. The van der Waals surface area contributed by atoms with E-state index in [-0.39, 0.29) is 11.8 Å². The molecule has 2 N–H and O–H groups in total. The van der Waals surface area contributed by atoms with E-state index in [1.54, 1.807) is 13.8 Å². The summed E-state index contributed by atoms with van der Waals surface area (Å²) in [5.41, 5.74) is 4.07. The number of aromatic nitrogens is 2. The van der Waals surface area contributed by atoms with Gasteiger partial charge in [-0.3, -0.25) is 9.59 Å². The number of hydrogen-bond acceptors (Lipinski definition) is 2. The van der Waals surface area contributed by atoms with E-state index in [9.17, 15) is 9.59 Å². The van der Waals surface area contributed by atoms with Gasteiger partial charge in [-0.05, 0) is 25.0 Å². The Hall–Kier alpha value is -3.80. The minimum absolute atomic E-state index is 0.0440. The van der Waals surface area contributed by atoms with Crippen LogP contribution in [0.2, 0.25) is 0 Å². The fraction of sp³-hybridized carbons (Fsp3) is 0.375. The highest BCUT2D eigenvalue weighted by atomic mass is 16.2. The van der Waals surface area contributed by atoms with Crippen molar-refractivity contribution in [3.05, 3.63) is 73.1 Å². The molecule has 2 aromatic carbocycles. The maximum Gasteiger partial charge on any atom is 0.221 e. The van der Waals surface area contributed by atoms with Crippen LogP contribution in [0.25, 0.3) is 21.8 Å². The summed E-state index contributed by atoms with van der Waals surface area (Å²) in [7, 11) is 0. The Kier molecular flexibility index (Phi) is 9.79. The summed E-state index contributed by atoms with van der Waals surface area (Å²) < 4.78 is 4.59. The largest absolute Gasteiger partial charge is 0.325 e. The molecule has 0 fully saturated rings. The van der Waals surface area contributed by atoms with E-state index in [2.05, 4.69) is 68.6 Å². The van der Waals surface area contributed by atoms with Crippen LogP contribution in [0.15, 0.2) is 73.1 Å². The highest BCUT2D eigenvalue weighted by molar-refractivity contribution is 5.99. The molecule has 0 radical (unpaired) electrons. The summed E-state index contributed by atoms with van der Waals surface area (Å²) >= 11 is 0. The Labute approximate surface area is 225 Å². The Bertz CT molecular complexity index is 1290. The van der Waals surface area contributed by atoms with Gasteiger partial charge in [0.25, 0.3) is 0 Å². The van der Waals surface area contributed by atoms with Crippen LogP contribution in [0.5, 0.6) is 0 Å². The molecule has 0 aliphatic carbocycles. The quantitative estimate of drug-likeness (QED) is 0.163. The Morgan fingerprint density at radius 1 is 0.553 bits per heavy atom. The van der Waals surface area contributed by atoms with Crippen molar-refractivity contribution in [2.24, 2.45) is 0 Å². The molecule has 0 unspecified atom stereocenters. The third kappa shape index (κ3) is 7.37. The van der Waals surface area contributed by atoms with Crippen LogP contribution >= 0.6 is 0 Å². The summed E-state index contributed by atoms with van der Waals surface area (Å²) in [6.45, 7) is 5.08. The molecule has 4 aromatic rings. The lowest BCUT2D eigenvalue weighted by atomic mass is 10.1. The van der Waals surface area contributed by atoms with Crippen LogP contribution in [0.4, 0.5) is 11.4 Å². The number of rotatable bonds is 13. The van der Waals surface area contributed by atoms with E-state index < -0.39 is 0 Å². The summed E-state index contributed by atoms with van der Waals surface area (Å²) in [5.74, 6) is -0.0879. The van der Waals surface area contributed by atoms with Gasteiger partial charge in [0.1, 0.15) is 13.1 Å². The standard InChI is InChI=1S/C32H38N4O2/c1-25(37)33-29-19-23-35(31-17-11-9-15-27(29)31)21-13-7-5-3-4-6-8-14-22-36-24-20-30(34-26(2)38)28-16-10-12-18-32(28)36/h9-12,15-20,23-24H,3-8,13-14,21-22H2,1-2H3/p+2. The van der Waals surface area contributed by atoms with E-state index in [1.807, 2.05) is 24.3 Å². The number of fused-ring (bicyclic) bond motifs is 2. The summed E-state index contributed by atoms with van der Waals surface area (Å²) in [5, 5.41) is 8.04. The lowest BCUT2D eigenvalue weighted by Crippen LogP contribution is -2.34. The lowest BCUT2D eigenvalue weighted by molar-refractivity contribution is -0.672. The predicted molar refractivity (Wildman–Crippen MR) is 154 cm³/mol. The van der Waals surface area contributed by atoms with E-state index in [1.165, 1.54) is 38.5 Å². The van der Waals surface area contributed by atoms with Crippen molar-refractivity contribution in [3.8, 4) is 0 Å². The molecule has 0 aliphatic heterocycles. The molecule has 198 valence electrons. The second-order valence-corrected chi connectivity index (χ2v) is 10.1. The molecular weight excluding hydrogens is 472 g/mol. The van der Waals surface area contributed by atoms with Gasteiger partial charge in [0.05, 0.1) is 22.1 Å². The van der Waals surface area contributed by atoms with E-state index >= 15 is 0 Å². The van der Waals surface area contributed by atoms with Gasteiger partial charge in [-0.15, -0.1) is 0 Å². The topological polar surface area (TPSA) is 66.0 Å². The van der Waals surface area contributed by atoms with Crippen molar-refractivity contribution < 1.29 is 18.7 Å². The highest BCUT2D eigenvalue weighted by Gasteiger charge is 2.14. The van der Waals surface area contributed by atoms with Crippen LogP contribution in [-0.4, -0.2) is 11.8 Å². The predicted octanol–water partition coefficient (Wildman–Crippen LogP) is 6.31. The third-order valence-corrected chi connectivity index (χ3v) is 7.02. The van der Waals surface area contributed by atoms with Gasteiger partial charge < -0.3 is 10.6 Å². The fourth-order valence-electron chi connectivity index (χ4n) is 5.19.